The van der Waals surface area contributed by atoms with Crippen molar-refractivity contribution in [3.63, 3.8) is 0 Å². The number of furan rings is 1. The second-order valence-electron chi connectivity index (χ2n) is 14.3. The summed E-state index contributed by atoms with van der Waals surface area (Å²) >= 11 is 1.81. The second-order valence-corrected chi connectivity index (χ2v) is 15.4. The number of hydrogen-bond donors (Lipinski definition) is 0. The van der Waals surface area contributed by atoms with Gasteiger partial charge >= 0.3 is 0 Å². The van der Waals surface area contributed by atoms with E-state index in [1.807, 2.05) is 47.7 Å². The van der Waals surface area contributed by atoms with E-state index in [9.17, 15) is 0 Å². The first-order valence-corrected chi connectivity index (χ1v) is 19.8. The van der Waals surface area contributed by atoms with Crippen molar-refractivity contribution < 1.29 is 4.42 Å². The highest BCUT2D eigenvalue weighted by Gasteiger charge is 2.22. The molecule has 4 heterocycles. The number of para-hydroxylation sites is 3. The smallest absolute Gasteiger partial charge is 0.165 e. The predicted molar refractivity (Wildman–Crippen MR) is 236 cm³/mol. The van der Waals surface area contributed by atoms with Crippen molar-refractivity contribution in [2.75, 3.05) is 0 Å². The van der Waals surface area contributed by atoms with Gasteiger partial charge in [-0.05, 0) is 47.5 Å². The van der Waals surface area contributed by atoms with E-state index in [4.69, 9.17) is 19.4 Å². The first-order valence-electron chi connectivity index (χ1n) is 19.0. The van der Waals surface area contributed by atoms with Gasteiger partial charge in [-0.1, -0.05) is 146 Å². The molecule has 0 aliphatic heterocycles. The maximum absolute atomic E-state index is 6.32. The maximum atomic E-state index is 6.32. The van der Waals surface area contributed by atoms with Gasteiger partial charge in [-0.2, -0.15) is 0 Å². The lowest BCUT2D eigenvalue weighted by Gasteiger charge is -2.10. The summed E-state index contributed by atoms with van der Waals surface area (Å²) in [4.78, 5) is 15.8. The first-order chi connectivity index (χ1) is 28.3. The Morgan fingerprint density at radius 1 is 0.386 bits per heavy atom. The van der Waals surface area contributed by atoms with E-state index in [1.165, 1.54) is 37.3 Å². The minimum absolute atomic E-state index is 0.601. The molecule has 5 nitrogen and oxygen atoms in total. The Kier molecular flexibility index (Phi) is 7.03. The maximum Gasteiger partial charge on any atom is 0.165 e. The van der Waals surface area contributed by atoms with Gasteiger partial charge in [0.25, 0.3) is 0 Å². The monoisotopic (exact) mass is 746 g/mol. The molecule has 0 amide bonds. The number of nitrogens with zero attached hydrogens (tertiary/aromatic N) is 4. The van der Waals surface area contributed by atoms with Crippen molar-refractivity contribution >= 4 is 75.3 Å². The fourth-order valence-corrected chi connectivity index (χ4v) is 9.82. The van der Waals surface area contributed by atoms with Crippen LogP contribution >= 0.6 is 11.3 Å². The number of hydrogen-bond acceptors (Lipinski definition) is 5. The molecule has 0 fully saturated rings. The molecule has 4 aromatic heterocycles. The molecule has 0 unspecified atom stereocenters. The Balaban J connectivity index is 1.12. The molecule has 12 rings (SSSR count). The molecule has 0 spiro atoms. The predicted octanol–water partition coefficient (Wildman–Crippen LogP) is 13.9. The molecular weight excluding hydrogens is 717 g/mol. The summed E-state index contributed by atoms with van der Waals surface area (Å²) in [6.07, 6.45) is 0. The number of aromatic nitrogens is 4. The second kappa shape index (κ2) is 12.6. The molecule has 57 heavy (non-hydrogen) atoms. The minimum Gasteiger partial charge on any atom is -0.456 e. The quantitative estimate of drug-likeness (QED) is 0.176. The normalized spacial score (nSPS) is 11.9. The van der Waals surface area contributed by atoms with Crippen LogP contribution in [-0.2, 0) is 0 Å². The van der Waals surface area contributed by atoms with E-state index in [1.54, 1.807) is 0 Å². The summed E-state index contributed by atoms with van der Waals surface area (Å²) in [5.41, 5.74) is 10.3. The van der Waals surface area contributed by atoms with Gasteiger partial charge in [0, 0.05) is 59.4 Å². The van der Waals surface area contributed by atoms with Gasteiger partial charge in [-0.15, -0.1) is 11.3 Å². The van der Waals surface area contributed by atoms with Gasteiger partial charge in [0.15, 0.2) is 17.5 Å². The fourth-order valence-electron chi connectivity index (χ4n) is 8.47. The molecule has 0 saturated heterocycles. The van der Waals surface area contributed by atoms with Gasteiger partial charge < -0.3 is 8.98 Å². The third-order valence-corrected chi connectivity index (χ3v) is 12.3. The zero-order chi connectivity index (χ0) is 37.5. The largest absolute Gasteiger partial charge is 0.456 e. The van der Waals surface area contributed by atoms with Crippen LogP contribution in [0.2, 0.25) is 0 Å². The number of rotatable bonds is 5. The Labute approximate surface area is 330 Å². The zero-order valence-corrected chi connectivity index (χ0v) is 31.2. The summed E-state index contributed by atoms with van der Waals surface area (Å²) < 4.78 is 11.1. The van der Waals surface area contributed by atoms with Crippen molar-refractivity contribution in [2.24, 2.45) is 0 Å². The van der Waals surface area contributed by atoms with Gasteiger partial charge in [0.05, 0.1) is 15.7 Å². The topological polar surface area (TPSA) is 56.7 Å². The van der Waals surface area contributed by atoms with Crippen molar-refractivity contribution in [1.82, 2.24) is 19.5 Å². The summed E-state index contributed by atoms with van der Waals surface area (Å²) in [6.45, 7) is 0. The highest BCUT2D eigenvalue weighted by atomic mass is 32.1. The molecule has 6 heteroatoms. The molecule has 8 aromatic carbocycles. The zero-order valence-electron chi connectivity index (χ0n) is 30.4. The summed E-state index contributed by atoms with van der Waals surface area (Å²) in [5, 5.41) is 6.89. The van der Waals surface area contributed by atoms with Crippen LogP contribution in [0.1, 0.15) is 0 Å². The lowest BCUT2D eigenvalue weighted by Crippen LogP contribution is -2.00. The van der Waals surface area contributed by atoms with Crippen molar-refractivity contribution in [1.29, 1.82) is 0 Å². The van der Waals surface area contributed by atoms with E-state index in [0.29, 0.717) is 17.5 Å². The van der Waals surface area contributed by atoms with Crippen molar-refractivity contribution in [2.45, 2.75) is 0 Å². The molecule has 0 atom stereocenters. The molecule has 0 N–H and O–H groups in total. The van der Waals surface area contributed by atoms with Crippen LogP contribution < -0.4 is 0 Å². The molecule has 0 radical (unpaired) electrons. The number of fused-ring (bicyclic) bond motifs is 10. The van der Waals surface area contributed by atoms with Crippen LogP contribution in [0.3, 0.4) is 0 Å². The summed E-state index contributed by atoms with van der Waals surface area (Å²) in [6, 6.07) is 63.6. The molecule has 0 aliphatic carbocycles. The van der Waals surface area contributed by atoms with Crippen LogP contribution in [0.25, 0.3) is 115 Å². The summed E-state index contributed by atoms with van der Waals surface area (Å²) in [7, 11) is 0. The van der Waals surface area contributed by atoms with Gasteiger partial charge in [0.2, 0.25) is 0 Å². The van der Waals surface area contributed by atoms with E-state index < -0.39 is 0 Å². The lowest BCUT2D eigenvalue weighted by molar-refractivity contribution is 0.669. The molecule has 12 aromatic rings. The van der Waals surface area contributed by atoms with Crippen LogP contribution in [0, 0.1) is 0 Å². The standard InChI is InChI=1S/C51H30N4OS/c1-3-13-31(14-4-1)32-25-27-33(28-26-32)49-52-50(40-20-12-24-44-45(40)39-18-8-10-23-43(39)56-44)54-51(53-49)41-21-11-19-37-38-30-29-36-35-17-7-9-22-42(35)55(34-15-5-2-6-16-34)46(36)48(38)57-47(37)41/h1-30H. The van der Waals surface area contributed by atoms with Crippen LogP contribution in [0.4, 0.5) is 0 Å². The molecule has 0 bridgehead atoms. The molecule has 266 valence electrons. The molecular formula is C51H30N4OS. The first kappa shape index (κ1) is 31.9. The SMILES string of the molecule is c1ccc(-c2ccc(-c3nc(-c4cccc5c4sc4c5ccc5c6ccccc6n(-c6ccccc6)c54)nc(-c4cccc5oc6ccccc6c45)n3)cc2)cc1. The van der Waals surface area contributed by atoms with E-state index in [0.717, 1.165) is 60.1 Å². The Morgan fingerprint density at radius 2 is 0.965 bits per heavy atom. The van der Waals surface area contributed by atoms with Crippen molar-refractivity contribution in [3.8, 4) is 51.0 Å². The van der Waals surface area contributed by atoms with E-state index in [2.05, 4.69) is 150 Å². The van der Waals surface area contributed by atoms with E-state index >= 15 is 0 Å². The molecule has 0 saturated carbocycles. The van der Waals surface area contributed by atoms with Crippen LogP contribution in [0.15, 0.2) is 186 Å². The van der Waals surface area contributed by atoms with Crippen molar-refractivity contribution in [3.05, 3.63) is 182 Å². The Hall–Kier alpha value is -7.41. The molecule has 0 aliphatic rings. The van der Waals surface area contributed by atoms with Gasteiger partial charge in [-0.3, -0.25) is 0 Å². The Morgan fingerprint density at radius 3 is 1.81 bits per heavy atom. The van der Waals surface area contributed by atoms with Crippen LogP contribution in [-0.4, -0.2) is 19.5 Å². The average Bonchev–Trinajstić information content (AvgIpc) is 3.97. The highest BCUT2D eigenvalue weighted by molar-refractivity contribution is 7.27. The number of thiophene rings is 1. The van der Waals surface area contributed by atoms with Crippen LogP contribution in [0.5, 0.6) is 0 Å². The fraction of sp³-hybridized carbons (Fsp3) is 0. The Bertz CT molecular complexity index is 3510. The van der Waals surface area contributed by atoms with E-state index in [-0.39, 0.29) is 0 Å². The third kappa shape index (κ3) is 4.98. The lowest BCUT2D eigenvalue weighted by atomic mass is 10.0. The summed E-state index contributed by atoms with van der Waals surface area (Å²) in [5.74, 6) is 1.84. The third-order valence-electron chi connectivity index (χ3n) is 11.1. The minimum atomic E-state index is 0.601. The van der Waals surface area contributed by atoms with Gasteiger partial charge in [0.1, 0.15) is 11.2 Å². The van der Waals surface area contributed by atoms with Gasteiger partial charge in [-0.25, -0.2) is 15.0 Å². The average molecular weight is 747 g/mol. The number of benzene rings is 8. The highest BCUT2D eigenvalue weighted by Crippen LogP contribution is 2.46.